The Hall–Kier alpha value is -0.120. The smallest absolute Gasteiger partial charge is 0.0608 e. The van der Waals surface area contributed by atoms with Gasteiger partial charge in [-0.05, 0) is 31.1 Å². The lowest BCUT2D eigenvalue weighted by Gasteiger charge is -2.33. The molecule has 1 heterocycles. The van der Waals surface area contributed by atoms with E-state index in [1.807, 2.05) is 0 Å². The second-order valence-electron chi connectivity index (χ2n) is 5.01. The minimum atomic E-state index is 0.784. The van der Waals surface area contributed by atoms with Gasteiger partial charge in [0.25, 0.3) is 0 Å². The average Bonchev–Trinajstić information content (AvgIpc) is 2.81. The molecule has 3 fully saturated rings. The molecule has 3 aliphatic rings. The minimum absolute atomic E-state index is 0.784. The van der Waals surface area contributed by atoms with E-state index < -0.39 is 0 Å². The van der Waals surface area contributed by atoms with Crippen LogP contribution in [0.4, 0.5) is 0 Å². The molecule has 2 aliphatic carbocycles. The van der Waals surface area contributed by atoms with Gasteiger partial charge in [-0.25, -0.2) is 5.01 Å². The molecular formula is C11H20N2O. The highest BCUT2D eigenvalue weighted by molar-refractivity contribution is 4.93. The van der Waals surface area contributed by atoms with Crippen LogP contribution >= 0.6 is 0 Å². The van der Waals surface area contributed by atoms with Crippen LogP contribution in [0.5, 0.6) is 0 Å². The molecule has 3 atom stereocenters. The third-order valence-electron chi connectivity index (χ3n) is 4.10. The maximum atomic E-state index is 5.34. The topological polar surface area (TPSA) is 24.5 Å². The van der Waals surface area contributed by atoms with Crippen molar-refractivity contribution in [2.75, 3.05) is 26.3 Å². The largest absolute Gasteiger partial charge is 0.379 e. The first kappa shape index (κ1) is 9.13. The summed E-state index contributed by atoms with van der Waals surface area (Å²) >= 11 is 0. The van der Waals surface area contributed by atoms with Crippen LogP contribution in [0, 0.1) is 11.8 Å². The Morgan fingerprint density at radius 2 is 1.93 bits per heavy atom. The van der Waals surface area contributed by atoms with Crippen molar-refractivity contribution in [2.24, 2.45) is 11.8 Å². The van der Waals surface area contributed by atoms with Gasteiger partial charge in [0.05, 0.1) is 13.2 Å². The van der Waals surface area contributed by atoms with Crippen molar-refractivity contribution in [3.8, 4) is 0 Å². The van der Waals surface area contributed by atoms with Crippen molar-refractivity contribution in [1.29, 1.82) is 0 Å². The summed E-state index contributed by atoms with van der Waals surface area (Å²) in [5.41, 5.74) is 3.70. The highest BCUT2D eigenvalue weighted by Crippen LogP contribution is 2.44. The highest BCUT2D eigenvalue weighted by atomic mass is 16.5. The maximum Gasteiger partial charge on any atom is 0.0608 e. The molecule has 3 heteroatoms. The molecule has 1 aliphatic heterocycles. The number of nitrogens with zero attached hydrogens (tertiary/aromatic N) is 1. The molecule has 2 bridgehead atoms. The first-order valence-electron chi connectivity index (χ1n) is 6.00. The fourth-order valence-electron chi connectivity index (χ4n) is 3.33. The van der Waals surface area contributed by atoms with Crippen LogP contribution in [-0.4, -0.2) is 37.4 Å². The van der Waals surface area contributed by atoms with E-state index in [0.29, 0.717) is 0 Å². The van der Waals surface area contributed by atoms with Gasteiger partial charge in [0.1, 0.15) is 0 Å². The molecule has 3 rings (SSSR count). The van der Waals surface area contributed by atoms with Gasteiger partial charge in [-0.2, -0.15) is 0 Å². The number of ether oxygens (including phenoxy) is 1. The molecule has 0 aromatic carbocycles. The summed E-state index contributed by atoms with van der Waals surface area (Å²) < 4.78 is 5.34. The van der Waals surface area contributed by atoms with E-state index in [0.717, 1.165) is 44.2 Å². The van der Waals surface area contributed by atoms with Crippen LogP contribution in [0.1, 0.15) is 25.7 Å². The van der Waals surface area contributed by atoms with Crippen LogP contribution in [0.25, 0.3) is 0 Å². The van der Waals surface area contributed by atoms with Gasteiger partial charge in [0.15, 0.2) is 0 Å². The van der Waals surface area contributed by atoms with E-state index >= 15 is 0 Å². The highest BCUT2D eigenvalue weighted by Gasteiger charge is 2.40. The van der Waals surface area contributed by atoms with Crippen LogP contribution in [0.15, 0.2) is 0 Å². The van der Waals surface area contributed by atoms with E-state index in [1.54, 1.807) is 0 Å². The Labute approximate surface area is 85.8 Å². The number of hydrogen-bond acceptors (Lipinski definition) is 3. The average molecular weight is 196 g/mol. The van der Waals surface area contributed by atoms with E-state index in [1.165, 1.54) is 25.7 Å². The number of rotatable bonds is 2. The van der Waals surface area contributed by atoms with Crippen molar-refractivity contribution in [3.05, 3.63) is 0 Å². The molecule has 3 nitrogen and oxygen atoms in total. The van der Waals surface area contributed by atoms with Gasteiger partial charge in [0.2, 0.25) is 0 Å². The van der Waals surface area contributed by atoms with Crippen molar-refractivity contribution in [1.82, 2.24) is 10.4 Å². The van der Waals surface area contributed by atoms with Crippen molar-refractivity contribution < 1.29 is 4.74 Å². The molecule has 1 saturated heterocycles. The molecule has 80 valence electrons. The zero-order chi connectivity index (χ0) is 9.38. The molecule has 0 spiro atoms. The Morgan fingerprint density at radius 1 is 1.07 bits per heavy atom. The number of hydrazine groups is 1. The van der Waals surface area contributed by atoms with Gasteiger partial charge in [-0.1, -0.05) is 6.42 Å². The maximum absolute atomic E-state index is 5.34. The van der Waals surface area contributed by atoms with Crippen molar-refractivity contribution >= 4 is 0 Å². The summed E-state index contributed by atoms with van der Waals surface area (Å²) in [5, 5.41) is 2.37. The standard InChI is InChI=1S/C11H20N2O/c1-2-10-7-9(1)8-11(10)12-13-3-5-14-6-4-13/h9-12H,1-8H2/t9-,10-,11+/m0/s1. The SMILES string of the molecule is C1CN(N[C@@H]2C[C@H]3CC[C@H]2C3)CCO1. The van der Waals surface area contributed by atoms with Crippen molar-refractivity contribution in [2.45, 2.75) is 31.7 Å². The number of morpholine rings is 1. The fourth-order valence-corrected chi connectivity index (χ4v) is 3.33. The van der Waals surface area contributed by atoms with Gasteiger partial charge in [-0.15, -0.1) is 0 Å². The van der Waals surface area contributed by atoms with Gasteiger partial charge in [0, 0.05) is 19.1 Å². The predicted octanol–water partition coefficient (Wildman–Crippen LogP) is 1.01. The summed E-state index contributed by atoms with van der Waals surface area (Å²) in [6.07, 6.45) is 5.86. The van der Waals surface area contributed by atoms with E-state index in [-0.39, 0.29) is 0 Å². The normalized spacial score (nSPS) is 43.3. The number of fused-ring (bicyclic) bond motifs is 2. The third kappa shape index (κ3) is 1.69. The van der Waals surface area contributed by atoms with E-state index in [9.17, 15) is 0 Å². The van der Waals surface area contributed by atoms with Gasteiger partial charge < -0.3 is 4.74 Å². The summed E-state index contributed by atoms with van der Waals surface area (Å²) in [7, 11) is 0. The number of hydrogen-bond donors (Lipinski definition) is 1. The quantitative estimate of drug-likeness (QED) is 0.713. The Balaban J connectivity index is 1.52. The van der Waals surface area contributed by atoms with Crippen LogP contribution in [-0.2, 0) is 4.74 Å². The summed E-state index contributed by atoms with van der Waals surface area (Å²) in [4.78, 5) is 0. The second kappa shape index (κ2) is 3.80. The first-order valence-corrected chi connectivity index (χ1v) is 6.00. The van der Waals surface area contributed by atoms with E-state index in [2.05, 4.69) is 10.4 Å². The Kier molecular flexibility index (Phi) is 2.48. The lowest BCUT2D eigenvalue weighted by Crippen LogP contribution is -2.51. The first-order chi connectivity index (χ1) is 6.92. The number of nitrogens with one attached hydrogen (secondary N) is 1. The molecule has 0 radical (unpaired) electrons. The molecule has 0 aromatic heterocycles. The minimum Gasteiger partial charge on any atom is -0.379 e. The Morgan fingerprint density at radius 3 is 2.57 bits per heavy atom. The summed E-state index contributed by atoms with van der Waals surface area (Å²) in [6, 6.07) is 0.784. The predicted molar refractivity (Wildman–Crippen MR) is 54.8 cm³/mol. The van der Waals surface area contributed by atoms with Crippen LogP contribution in [0.2, 0.25) is 0 Å². The second-order valence-corrected chi connectivity index (χ2v) is 5.01. The monoisotopic (exact) mass is 196 g/mol. The zero-order valence-corrected chi connectivity index (χ0v) is 8.74. The molecule has 2 saturated carbocycles. The molecule has 14 heavy (non-hydrogen) atoms. The summed E-state index contributed by atoms with van der Waals surface area (Å²) in [6.45, 7) is 3.92. The summed E-state index contributed by atoms with van der Waals surface area (Å²) in [5.74, 6) is 2.02. The molecule has 0 aromatic rings. The molecule has 0 unspecified atom stereocenters. The Bertz CT molecular complexity index is 203. The molecule has 0 amide bonds. The lowest BCUT2D eigenvalue weighted by molar-refractivity contribution is -0.00145. The molecular weight excluding hydrogens is 176 g/mol. The van der Waals surface area contributed by atoms with Gasteiger partial charge >= 0.3 is 0 Å². The van der Waals surface area contributed by atoms with Crippen LogP contribution < -0.4 is 5.43 Å². The third-order valence-corrected chi connectivity index (χ3v) is 4.10. The van der Waals surface area contributed by atoms with Crippen molar-refractivity contribution in [3.63, 3.8) is 0 Å². The molecule has 1 N–H and O–H groups in total. The van der Waals surface area contributed by atoms with Gasteiger partial charge in [-0.3, -0.25) is 5.43 Å². The fraction of sp³-hybridized carbons (Fsp3) is 1.00. The van der Waals surface area contributed by atoms with Crippen LogP contribution in [0.3, 0.4) is 0 Å². The zero-order valence-electron chi connectivity index (χ0n) is 8.74. The van der Waals surface area contributed by atoms with E-state index in [4.69, 9.17) is 4.74 Å². The lowest BCUT2D eigenvalue weighted by atomic mass is 9.96.